The molecule has 1 aliphatic heterocycles. The first-order chi connectivity index (χ1) is 14.1. The number of benzene rings is 1. The smallest absolute Gasteiger partial charge is 0.318 e. The third kappa shape index (κ3) is 4.94. The minimum absolute atomic E-state index is 0.0213. The quantitative estimate of drug-likeness (QED) is 0.467. The topological polar surface area (TPSA) is 153 Å². The van der Waals surface area contributed by atoms with Crippen molar-refractivity contribution < 1.29 is 26.3 Å². The molecule has 1 aromatic rings. The number of guanidine groups is 1. The number of amidine groups is 2. The van der Waals surface area contributed by atoms with Crippen LogP contribution in [0.1, 0.15) is 13.3 Å². The molecule has 0 saturated carbocycles. The zero-order chi connectivity index (χ0) is 22.5. The van der Waals surface area contributed by atoms with Crippen LogP contribution in [0.3, 0.4) is 0 Å². The summed E-state index contributed by atoms with van der Waals surface area (Å²) in [5.74, 6) is -0.583. The predicted octanol–water partition coefficient (Wildman–Crippen LogP) is 0.841. The van der Waals surface area contributed by atoms with Crippen LogP contribution in [0.15, 0.2) is 49.0 Å². The third-order valence-corrected chi connectivity index (χ3v) is 8.20. The number of nitrogens with two attached hydrogens (primary N) is 1. The second kappa shape index (κ2) is 9.76. The van der Waals surface area contributed by atoms with Crippen LogP contribution < -0.4 is 5.73 Å². The number of methoxy groups -OCH3 is 2. The van der Waals surface area contributed by atoms with Crippen LogP contribution in [0, 0.1) is 0 Å². The summed E-state index contributed by atoms with van der Waals surface area (Å²) in [6.07, 6.45) is 0.536. The molecule has 0 amide bonds. The highest BCUT2D eigenvalue weighted by molar-refractivity contribution is 8.13. The molecule has 1 heterocycles. The molecule has 166 valence electrons. The Hall–Kier alpha value is -2.16. The lowest BCUT2D eigenvalue weighted by molar-refractivity contribution is 0.0479. The van der Waals surface area contributed by atoms with Gasteiger partial charge in [0.15, 0.2) is 15.0 Å². The number of aliphatic imine (C=N–C) groups is 3. The molecule has 0 radical (unpaired) electrons. The summed E-state index contributed by atoms with van der Waals surface area (Å²) in [4.78, 5) is 11.2. The molecular weight excluding hydrogens is 454 g/mol. The Balaban J connectivity index is 2.74. The van der Waals surface area contributed by atoms with E-state index in [9.17, 15) is 16.8 Å². The van der Waals surface area contributed by atoms with Gasteiger partial charge in [-0.1, -0.05) is 30.8 Å². The van der Waals surface area contributed by atoms with Crippen LogP contribution >= 0.6 is 11.8 Å². The Morgan fingerprint density at radius 2 is 1.87 bits per heavy atom. The van der Waals surface area contributed by atoms with E-state index in [2.05, 4.69) is 15.0 Å². The second-order valence-corrected chi connectivity index (χ2v) is 10.5. The summed E-state index contributed by atoms with van der Waals surface area (Å²) < 4.78 is 63.4. The van der Waals surface area contributed by atoms with Gasteiger partial charge in [0, 0.05) is 7.11 Å². The number of sulfonamides is 1. The van der Waals surface area contributed by atoms with Crippen molar-refractivity contribution in [3.8, 4) is 0 Å². The van der Waals surface area contributed by atoms with E-state index in [1.165, 1.54) is 38.5 Å². The van der Waals surface area contributed by atoms with Crippen molar-refractivity contribution in [2.24, 2.45) is 20.7 Å². The van der Waals surface area contributed by atoms with Gasteiger partial charge in [0.25, 0.3) is 16.0 Å². The van der Waals surface area contributed by atoms with Gasteiger partial charge in [0.05, 0.1) is 17.8 Å². The van der Waals surface area contributed by atoms with Crippen molar-refractivity contribution in [3.63, 3.8) is 0 Å². The Labute approximate surface area is 180 Å². The molecule has 0 aliphatic carbocycles. The van der Waals surface area contributed by atoms with E-state index in [4.69, 9.17) is 15.2 Å². The maximum Gasteiger partial charge on any atom is 0.318 e. The SMILES string of the molecule is CCCS(=O)(=O)c1ccccc1S(=O)(=O)N1C(N=C(N)SC)=NC(OC)=NC1OC. The van der Waals surface area contributed by atoms with Gasteiger partial charge in [0.2, 0.25) is 6.35 Å². The number of sulfone groups is 1. The number of ether oxygens (including phenoxy) is 2. The van der Waals surface area contributed by atoms with Crippen molar-refractivity contribution in [1.82, 2.24) is 4.31 Å². The van der Waals surface area contributed by atoms with Crippen LogP contribution in [0.4, 0.5) is 0 Å². The highest BCUT2D eigenvalue weighted by Crippen LogP contribution is 2.29. The lowest BCUT2D eigenvalue weighted by Gasteiger charge is -2.30. The number of hydrogen-bond acceptors (Lipinski definition) is 10. The molecule has 2 N–H and O–H groups in total. The molecule has 0 fully saturated rings. The lowest BCUT2D eigenvalue weighted by atomic mass is 10.4. The number of rotatable bonds is 6. The van der Waals surface area contributed by atoms with E-state index < -0.39 is 31.1 Å². The standard InChI is InChI=1S/C16H23N5O6S3/c1-5-10-29(22,23)11-8-6-7-9-12(11)30(24,25)21-14(18-13(17)28-4)19-15(26-2)20-16(21)27-3/h6-9,16H,5,10H2,1-4H3,(H2,17,18,19,20). The maximum absolute atomic E-state index is 13.6. The number of thioether (sulfide) groups is 1. The van der Waals surface area contributed by atoms with Crippen molar-refractivity contribution in [2.45, 2.75) is 29.5 Å². The highest BCUT2D eigenvalue weighted by atomic mass is 32.2. The summed E-state index contributed by atoms with van der Waals surface area (Å²) in [5.41, 5.74) is 5.75. The molecule has 11 nitrogen and oxygen atoms in total. The highest BCUT2D eigenvalue weighted by Gasteiger charge is 2.40. The van der Waals surface area contributed by atoms with E-state index in [1.54, 1.807) is 13.2 Å². The predicted molar refractivity (Wildman–Crippen MR) is 116 cm³/mol. The Bertz CT molecular complexity index is 1080. The van der Waals surface area contributed by atoms with E-state index in [0.717, 1.165) is 11.8 Å². The Morgan fingerprint density at radius 3 is 2.40 bits per heavy atom. The summed E-state index contributed by atoms with van der Waals surface area (Å²) in [7, 11) is -5.86. The van der Waals surface area contributed by atoms with Crippen molar-refractivity contribution in [1.29, 1.82) is 0 Å². The molecule has 0 spiro atoms. The molecule has 1 aliphatic rings. The molecule has 1 atom stereocenters. The third-order valence-electron chi connectivity index (χ3n) is 3.82. The van der Waals surface area contributed by atoms with E-state index >= 15 is 0 Å². The number of nitrogens with zero attached hydrogens (tertiary/aromatic N) is 4. The molecule has 1 unspecified atom stereocenters. The van der Waals surface area contributed by atoms with E-state index in [1.807, 2.05) is 0 Å². The van der Waals surface area contributed by atoms with Gasteiger partial charge in [-0.3, -0.25) is 0 Å². The summed E-state index contributed by atoms with van der Waals surface area (Å²) in [6.45, 7) is 1.69. The average molecular weight is 478 g/mol. The monoisotopic (exact) mass is 477 g/mol. The number of hydrogen-bond donors (Lipinski definition) is 1. The van der Waals surface area contributed by atoms with Crippen molar-refractivity contribution in [3.05, 3.63) is 24.3 Å². The van der Waals surface area contributed by atoms with E-state index in [-0.39, 0.29) is 27.8 Å². The summed E-state index contributed by atoms with van der Waals surface area (Å²) >= 11 is 1.07. The van der Waals surface area contributed by atoms with Gasteiger partial charge < -0.3 is 15.2 Å². The van der Waals surface area contributed by atoms with Crippen LogP contribution in [0.5, 0.6) is 0 Å². The fraction of sp³-hybridized carbons (Fsp3) is 0.438. The van der Waals surface area contributed by atoms with Crippen LogP contribution in [0.2, 0.25) is 0 Å². The van der Waals surface area contributed by atoms with Crippen LogP contribution in [-0.4, -0.2) is 70.9 Å². The normalized spacial score (nSPS) is 18.1. The summed E-state index contributed by atoms with van der Waals surface area (Å²) in [5, 5.41) is 0.0213. The van der Waals surface area contributed by atoms with Gasteiger partial charge in [-0.2, -0.15) is 19.3 Å². The first-order valence-electron chi connectivity index (χ1n) is 8.60. The van der Waals surface area contributed by atoms with Crippen molar-refractivity contribution in [2.75, 3.05) is 26.2 Å². The average Bonchev–Trinajstić information content (AvgIpc) is 2.72. The molecule has 30 heavy (non-hydrogen) atoms. The molecule has 2 rings (SSSR count). The lowest BCUT2D eigenvalue weighted by Crippen LogP contribution is -2.47. The molecule has 1 aromatic carbocycles. The molecular formula is C16H23N5O6S3. The fourth-order valence-electron chi connectivity index (χ4n) is 2.51. The van der Waals surface area contributed by atoms with Gasteiger partial charge in [-0.05, 0) is 24.8 Å². The fourth-order valence-corrected chi connectivity index (χ4v) is 6.25. The minimum Gasteiger partial charge on any atom is -0.467 e. The Kier molecular flexibility index (Phi) is 7.85. The van der Waals surface area contributed by atoms with Crippen molar-refractivity contribution >= 4 is 48.8 Å². The maximum atomic E-state index is 13.6. The first-order valence-corrected chi connectivity index (χ1v) is 12.9. The van der Waals surface area contributed by atoms with Gasteiger partial charge >= 0.3 is 6.02 Å². The largest absolute Gasteiger partial charge is 0.467 e. The van der Waals surface area contributed by atoms with E-state index in [0.29, 0.717) is 10.7 Å². The molecule has 0 bridgehead atoms. The second-order valence-electron chi connectivity index (χ2n) is 5.81. The van der Waals surface area contributed by atoms with Crippen LogP contribution in [0.25, 0.3) is 0 Å². The minimum atomic E-state index is -4.53. The molecule has 0 aromatic heterocycles. The van der Waals surface area contributed by atoms with Gasteiger partial charge in [-0.15, -0.1) is 0 Å². The Morgan fingerprint density at radius 1 is 1.23 bits per heavy atom. The van der Waals surface area contributed by atoms with Gasteiger partial charge in [0.1, 0.15) is 4.90 Å². The zero-order valence-corrected chi connectivity index (χ0v) is 19.3. The summed E-state index contributed by atoms with van der Waals surface area (Å²) in [6, 6.07) is 5.13. The molecule has 0 saturated heterocycles. The van der Waals surface area contributed by atoms with Crippen LogP contribution in [-0.2, 0) is 29.3 Å². The first kappa shape index (κ1) is 24.1. The van der Waals surface area contributed by atoms with Gasteiger partial charge in [-0.25, -0.2) is 16.8 Å². The molecule has 14 heteroatoms. The zero-order valence-electron chi connectivity index (χ0n) is 16.8.